The summed E-state index contributed by atoms with van der Waals surface area (Å²) in [6.45, 7) is 14.3. The van der Waals surface area contributed by atoms with Crippen molar-refractivity contribution in [2.24, 2.45) is 0 Å². The molecule has 3 aromatic heterocycles. The van der Waals surface area contributed by atoms with Gasteiger partial charge in [-0.3, -0.25) is 9.20 Å². The minimum Gasteiger partial charge on any atom is -0.484 e. The number of rotatable bonds is 11. The van der Waals surface area contributed by atoms with E-state index in [1.165, 1.54) is 0 Å². The molecule has 2 atom stereocenters. The first-order chi connectivity index (χ1) is 23.0. The zero-order valence-corrected chi connectivity index (χ0v) is 30.5. The Bertz CT molecular complexity index is 1820. The summed E-state index contributed by atoms with van der Waals surface area (Å²) >= 11 is 0. The maximum Gasteiger partial charge on any atom is 0.319 e. The molecule has 11 nitrogen and oxygen atoms in total. The first kappa shape index (κ1) is 35.9. The highest BCUT2D eigenvalue weighted by Gasteiger charge is 2.31. The zero-order chi connectivity index (χ0) is 35.7. The number of amides is 2. The number of benzene rings is 1. The molecule has 11 heteroatoms. The van der Waals surface area contributed by atoms with Gasteiger partial charge in [0, 0.05) is 35.9 Å². The fraction of sp³-hybridized carbons (Fsp3) is 0.500. The van der Waals surface area contributed by atoms with E-state index in [1.807, 2.05) is 95.7 Å². The molecule has 4 aromatic rings. The van der Waals surface area contributed by atoms with E-state index in [1.54, 1.807) is 13.2 Å². The lowest BCUT2D eigenvalue weighted by Crippen LogP contribution is -2.38. The molecule has 1 aromatic carbocycles. The number of hydrogen-bond donors (Lipinski definition) is 2. The van der Waals surface area contributed by atoms with Crippen LogP contribution < -0.4 is 15.4 Å². The molecule has 1 aliphatic rings. The van der Waals surface area contributed by atoms with E-state index in [9.17, 15) is 9.59 Å². The average Bonchev–Trinajstić information content (AvgIpc) is 3.48. The molecule has 2 amide bonds. The summed E-state index contributed by atoms with van der Waals surface area (Å²) < 4.78 is 14.1. The van der Waals surface area contributed by atoms with Crippen molar-refractivity contribution in [2.75, 3.05) is 26.5 Å². The maximum atomic E-state index is 13.5. The van der Waals surface area contributed by atoms with E-state index in [0.29, 0.717) is 54.3 Å². The minimum absolute atomic E-state index is 0.0428. The van der Waals surface area contributed by atoms with Crippen molar-refractivity contribution in [3.8, 4) is 5.75 Å². The highest BCUT2D eigenvalue weighted by Crippen LogP contribution is 2.39. The van der Waals surface area contributed by atoms with Crippen molar-refractivity contribution in [1.29, 1.82) is 0 Å². The van der Waals surface area contributed by atoms with Crippen molar-refractivity contribution in [3.05, 3.63) is 83.1 Å². The highest BCUT2D eigenvalue weighted by atomic mass is 16.5. The summed E-state index contributed by atoms with van der Waals surface area (Å²) in [7, 11) is 5.68. The molecule has 1 aliphatic carbocycles. The van der Waals surface area contributed by atoms with Gasteiger partial charge in [-0.05, 0) is 96.4 Å². The lowest BCUT2D eigenvalue weighted by Gasteiger charge is -2.32. The predicted molar refractivity (Wildman–Crippen MR) is 191 cm³/mol. The van der Waals surface area contributed by atoms with Crippen molar-refractivity contribution in [3.63, 3.8) is 0 Å². The monoisotopic (exact) mass is 669 g/mol. The number of methoxy groups -OCH3 is 1. The average molecular weight is 670 g/mol. The Morgan fingerprint density at radius 2 is 1.67 bits per heavy atom. The van der Waals surface area contributed by atoms with Gasteiger partial charge in [-0.2, -0.15) is 0 Å². The number of ketones is 1. The van der Waals surface area contributed by atoms with E-state index in [4.69, 9.17) is 14.5 Å². The molecule has 262 valence electrons. The number of Topliss-reactive ketones (excluding diaryl/α,β-unsaturated/α-hetero) is 1. The van der Waals surface area contributed by atoms with Crippen molar-refractivity contribution < 1.29 is 19.1 Å². The number of anilines is 1. The Morgan fingerprint density at radius 3 is 2.35 bits per heavy atom. The van der Waals surface area contributed by atoms with Gasteiger partial charge in [0.05, 0.1) is 12.2 Å². The summed E-state index contributed by atoms with van der Waals surface area (Å²) in [5.74, 6) is 1.33. The molecule has 0 unspecified atom stereocenters. The fourth-order valence-electron chi connectivity index (χ4n) is 5.86. The molecule has 0 aliphatic heterocycles. The van der Waals surface area contributed by atoms with Crippen LogP contribution in [0.2, 0.25) is 0 Å². The largest absolute Gasteiger partial charge is 0.484 e. The molecular formula is C38H51N7O4. The first-order valence-electron chi connectivity index (χ1n) is 16.9. The Morgan fingerprint density at radius 1 is 0.959 bits per heavy atom. The molecule has 2 N–H and O–H groups in total. The second-order valence-electron chi connectivity index (χ2n) is 15.3. The van der Waals surface area contributed by atoms with Crippen LogP contribution >= 0.6 is 0 Å². The number of aromatic nitrogens is 4. The maximum absolute atomic E-state index is 13.5. The third kappa shape index (κ3) is 8.11. The van der Waals surface area contributed by atoms with Gasteiger partial charge in [-0.15, -0.1) is 10.2 Å². The number of hydrogen-bond acceptors (Lipinski definition) is 8. The molecule has 0 saturated heterocycles. The van der Waals surface area contributed by atoms with Crippen LogP contribution in [0.4, 0.5) is 10.5 Å². The Hall–Kier alpha value is -4.35. The standard InChI is InChI=1S/C38H51N7O4/c1-36(2,3)32-22-24(21-29(40-32)30(46)19-20-37(4,5)44(8)9)39-35(47)41-28-16-17-31(27-14-12-11-13-26(27)28)49-25-15-18-33-42-43-34(45(33)23-25)38(6,7)48-10/h11-15,18,21-23,28,31H,16-17,19-20H2,1-10H3,(H2,39,40,41,47)/t28-,31+/m0/s1. The predicted octanol–water partition coefficient (Wildman–Crippen LogP) is 7.38. The summed E-state index contributed by atoms with van der Waals surface area (Å²) in [4.78, 5) is 33.7. The number of ether oxygens (including phenoxy) is 2. The normalized spacial score (nSPS) is 16.8. The Balaban J connectivity index is 1.31. The van der Waals surface area contributed by atoms with Gasteiger partial charge < -0.3 is 25.0 Å². The summed E-state index contributed by atoms with van der Waals surface area (Å²) in [6, 6.07) is 14.8. The number of urea groups is 1. The quantitative estimate of drug-likeness (QED) is 0.159. The van der Waals surface area contributed by atoms with Gasteiger partial charge in [-0.1, -0.05) is 45.0 Å². The second-order valence-corrected chi connectivity index (χ2v) is 15.3. The lowest BCUT2D eigenvalue weighted by molar-refractivity contribution is 0.0106. The van der Waals surface area contributed by atoms with Crippen LogP contribution in [-0.4, -0.2) is 63.0 Å². The Kier molecular flexibility index (Phi) is 10.2. The van der Waals surface area contributed by atoms with Gasteiger partial charge in [-0.25, -0.2) is 9.78 Å². The van der Waals surface area contributed by atoms with Crippen LogP contribution in [0, 0.1) is 0 Å². The second kappa shape index (κ2) is 13.9. The number of nitrogens with zero attached hydrogens (tertiary/aromatic N) is 5. The first-order valence-corrected chi connectivity index (χ1v) is 16.9. The third-order valence-corrected chi connectivity index (χ3v) is 9.76. The molecule has 0 spiro atoms. The number of carbonyl (C=O) groups is 2. The number of nitrogens with one attached hydrogen (secondary N) is 2. The summed E-state index contributed by atoms with van der Waals surface area (Å²) in [6.07, 6.45) is 4.13. The molecule has 0 bridgehead atoms. The van der Waals surface area contributed by atoms with Crippen molar-refractivity contribution in [2.45, 2.75) is 103 Å². The van der Waals surface area contributed by atoms with E-state index in [2.05, 4.69) is 45.6 Å². The van der Waals surface area contributed by atoms with E-state index < -0.39 is 5.60 Å². The summed E-state index contributed by atoms with van der Waals surface area (Å²) in [5, 5.41) is 14.8. The van der Waals surface area contributed by atoms with Crippen LogP contribution in [0.15, 0.2) is 54.7 Å². The van der Waals surface area contributed by atoms with Crippen LogP contribution in [0.3, 0.4) is 0 Å². The molecule has 0 saturated carbocycles. The van der Waals surface area contributed by atoms with Crippen molar-refractivity contribution >= 4 is 23.1 Å². The van der Waals surface area contributed by atoms with Gasteiger partial charge in [0.15, 0.2) is 17.3 Å². The topological polar surface area (TPSA) is 123 Å². The van der Waals surface area contributed by atoms with Crippen LogP contribution in [0.25, 0.3) is 5.65 Å². The van der Waals surface area contributed by atoms with Gasteiger partial charge in [0.1, 0.15) is 23.1 Å². The number of pyridine rings is 2. The molecule has 3 heterocycles. The summed E-state index contributed by atoms with van der Waals surface area (Å²) in [5.41, 5.74) is 3.31. The highest BCUT2D eigenvalue weighted by molar-refractivity contribution is 5.97. The van der Waals surface area contributed by atoms with Crippen LogP contribution in [0.5, 0.6) is 5.75 Å². The number of carbonyl (C=O) groups excluding carboxylic acids is 2. The number of fused-ring (bicyclic) bond motifs is 2. The third-order valence-electron chi connectivity index (χ3n) is 9.76. The zero-order valence-electron chi connectivity index (χ0n) is 30.5. The van der Waals surface area contributed by atoms with Gasteiger partial charge >= 0.3 is 6.03 Å². The smallest absolute Gasteiger partial charge is 0.319 e. The van der Waals surface area contributed by atoms with Crippen molar-refractivity contribution in [1.82, 2.24) is 29.8 Å². The van der Waals surface area contributed by atoms with Gasteiger partial charge in [0.2, 0.25) is 0 Å². The molecular weight excluding hydrogens is 618 g/mol. The SMILES string of the molecule is COC(C)(C)c1nnc2ccc(O[C@@H]3CC[C@H](NC(=O)Nc4cc(C(=O)CCC(C)(C)N(C)C)nc(C(C)(C)C)c4)c4ccccc43)cn12. The van der Waals surface area contributed by atoms with Gasteiger partial charge in [0.25, 0.3) is 0 Å². The van der Waals surface area contributed by atoms with E-state index in [0.717, 1.165) is 16.8 Å². The van der Waals surface area contributed by atoms with E-state index >= 15 is 0 Å². The lowest BCUT2D eigenvalue weighted by atomic mass is 9.85. The molecule has 49 heavy (non-hydrogen) atoms. The Labute approximate surface area is 289 Å². The molecule has 0 radical (unpaired) electrons. The van der Waals surface area contributed by atoms with E-state index in [-0.39, 0.29) is 34.9 Å². The van der Waals surface area contributed by atoms with Crippen LogP contribution in [0.1, 0.15) is 119 Å². The molecule has 0 fully saturated rings. The van der Waals surface area contributed by atoms with Crippen LogP contribution in [-0.2, 0) is 15.8 Å². The minimum atomic E-state index is -0.625. The fourth-order valence-corrected chi connectivity index (χ4v) is 5.86. The molecule has 5 rings (SSSR count).